The third-order valence-electron chi connectivity index (χ3n) is 2.20. The molecule has 0 saturated carbocycles. The summed E-state index contributed by atoms with van der Waals surface area (Å²) in [4.78, 5) is 2.16. The molecule has 0 unspecified atom stereocenters. The number of aliphatic hydroxyl groups excluding tert-OH is 1. The number of thiophene rings is 1. The van der Waals surface area contributed by atoms with Crippen molar-refractivity contribution in [2.75, 3.05) is 19.7 Å². The van der Waals surface area contributed by atoms with E-state index in [1.165, 1.54) is 16.2 Å². The molecule has 0 fully saturated rings. The number of alkyl halides is 3. The van der Waals surface area contributed by atoms with Crippen molar-refractivity contribution in [1.29, 1.82) is 0 Å². The van der Waals surface area contributed by atoms with Gasteiger partial charge in [0, 0.05) is 22.4 Å². The molecule has 1 N–H and O–H groups in total. The minimum absolute atomic E-state index is 0.222. The molecule has 0 saturated heterocycles. The lowest BCUT2D eigenvalue weighted by Crippen LogP contribution is -2.33. The first-order chi connectivity index (χ1) is 8.44. The average Bonchev–Trinajstić information content (AvgIpc) is 2.71. The number of nitrogens with zero attached hydrogens (tertiary/aromatic N) is 1. The zero-order valence-electron chi connectivity index (χ0n) is 9.92. The molecular weight excluding hydrogens is 263 g/mol. The van der Waals surface area contributed by atoms with E-state index in [-0.39, 0.29) is 13.2 Å². The third kappa shape index (κ3) is 5.54. The van der Waals surface area contributed by atoms with Gasteiger partial charge in [0.1, 0.15) is 6.61 Å². The Hall–Kier alpha value is -1.03. The van der Waals surface area contributed by atoms with Gasteiger partial charge in [-0.25, -0.2) is 0 Å². The molecular formula is C12H14F3NOS. The van der Waals surface area contributed by atoms with E-state index in [2.05, 4.69) is 11.8 Å². The van der Waals surface area contributed by atoms with Crippen LogP contribution in [0, 0.1) is 11.8 Å². The second kappa shape index (κ2) is 6.78. The summed E-state index contributed by atoms with van der Waals surface area (Å²) in [6.45, 7) is 1.18. The van der Waals surface area contributed by atoms with Gasteiger partial charge in [0.25, 0.3) is 0 Å². The van der Waals surface area contributed by atoms with Gasteiger partial charge in [0.15, 0.2) is 0 Å². The summed E-state index contributed by atoms with van der Waals surface area (Å²) in [7, 11) is 0. The van der Waals surface area contributed by atoms with Crippen LogP contribution in [0.25, 0.3) is 0 Å². The second-order valence-corrected chi connectivity index (χ2v) is 4.68. The van der Waals surface area contributed by atoms with Crippen LogP contribution in [0.4, 0.5) is 13.2 Å². The number of aliphatic hydroxyl groups is 1. The quantitative estimate of drug-likeness (QED) is 0.855. The molecule has 1 rings (SSSR count). The van der Waals surface area contributed by atoms with Crippen LogP contribution < -0.4 is 0 Å². The standard InChI is InChI=1S/C12H14F3NOS/c1-2-16(9-12(13,14)15)7-11-6-10(8-18-11)4-3-5-17/h6,8,17H,2,5,7,9H2,1H3. The topological polar surface area (TPSA) is 23.5 Å². The Morgan fingerprint density at radius 2 is 2.17 bits per heavy atom. The largest absolute Gasteiger partial charge is 0.401 e. The summed E-state index contributed by atoms with van der Waals surface area (Å²) in [6.07, 6.45) is -4.17. The molecule has 0 aliphatic heterocycles. The number of halogens is 3. The van der Waals surface area contributed by atoms with Crippen LogP contribution in [-0.4, -0.2) is 35.9 Å². The van der Waals surface area contributed by atoms with Crippen molar-refractivity contribution in [1.82, 2.24) is 4.90 Å². The lowest BCUT2D eigenvalue weighted by molar-refractivity contribution is -0.146. The van der Waals surface area contributed by atoms with Crippen molar-refractivity contribution in [3.05, 3.63) is 21.9 Å². The van der Waals surface area contributed by atoms with Crippen molar-refractivity contribution in [2.24, 2.45) is 0 Å². The summed E-state index contributed by atoms with van der Waals surface area (Å²) in [5.41, 5.74) is 0.729. The summed E-state index contributed by atoms with van der Waals surface area (Å²) < 4.78 is 36.8. The van der Waals surface area contributed by atoms with E-state index in [9.17, 15) is 13.2 Å². The summed E-state index contributed by atoms with van der Waals surface area (Å²) in [6, 6.07) is 1.76. The third-order valence-corrected chi connectivity index (χ3v) is 3.12. The van der Waals surface area contributed by atoms with E-state index in [4.69, 9.17) is 5.11 Å². The monoisotopic (exact) mass is 277 g/mol. The second-order valence-electron chi connectivity index (χ2n) is 3.68. The van der Waals surface area contributed by atoms with E-state index in [0.717, 1.165) is 10.4 Å². The molecule has 0 amide bonds. The van der Waals surface area contributed by atoms with Gasteiger partial charge in [0.05, 0.1) is 6.54 Å². The van der Waals surface area contributed by atoms with Gasteiger partial charge in [-0.15, -0.1) is 11.3 Å². The van der Waals surface area contributed by atoms with Gasteiger partial charge in [-0.2, -0.15) is 13.2 Å². The summed E-state index contributed by atoms with van der Waals surface area (Å²) >= 11 is 1.38. The highest BCUT2D eigenvalue weighted by atomic mass is 32.1. The van der Waals surface area contributed by atoms with E-state index >= 15 is 0 Å². The van der Waals surface area contributed by atoms with Crippen LogP contribution >= 0.6 is 11.3 Å². The van der Waals surface area contributed by atoms with E-state index in [1.807, 2.05) is 0 Å². The molecule has 100 valence electrons. The number of hydrogen-bond acceptors (Lipinski definition) is 3. The molecule has 1 aromatic heterocycles. The molecule has 1 heterocycles. The van der Waals surface area contributed by atoms with E-state index in [1.54, 1.807) is 18.4 Å². The predicted octanol–water partition coefficient (Wildman–Crippen LogP) is 2.48. The predicted molar refractivity (Wildman–Crippen MR) is 65.3 cm³/mol. The maximum Gasteiger partial charge on any atom is 0.401 e. The first kappa shape index (κ1) is 15.0. The van der Waals surface area contributed by atoms with Crippen molar-refractivity contribution in [2.45, 2.75) is 19.6 Å². The average molecular weight is 277 g/mol. The Balaban J connectivity index is 2.62. The molecule has 0 aliphatic rings. The van der Waals surface area contributed by atoms with E-state index in [0.29, 0.717) is 6.54 Å². The molecule has 1 aromatic rings. The fourth-order valence-electron chi connectivity index (χ4n) is 1.42. The first-order valence-electron chi connectivity index (χ1n) is 5.41. The van der Waals surface area contributed by atoms with Crippen LogP contribution in [0.1, 0.15) is 17.4 Å². The molecule has 0 radical (unpaired) electrons. The Bertz CT molecular complexity index is 431. The zero-order valence-corrected chi connectivity index (χ0v) is 10.7. The smallest absolute Gasteiger partial charge is 0.384 e. The zero-order chi connectivity index (χ0) is 13.6. The van der Waals surface area contributed by atoms with Crippen LogP contribution in [0.2, 0.25) is 0 Å². The van der Waals surface area contributed by atoms with E-state index < -0.39 is 12.7 Å². The SMILES string of the molecule is CCN(Cc1cc(C#CCO)cs1)CC(F)(F)F. The lowest BCUT2D eigenvalue weighted by Gasteiger charge is -2.20. The molecule has 0 aliphatic carbocycles. The van der Waals surface area contributed by atoms with Crippen LogP contribution in [0.3, 0.4) is 0 Å². The molecule has 0 bridgehead atoms. The highest BCUT2D eigenvalue weighted by molar-refractivity contribution is 7.10. The van der Waals surface area contributed by atoms with Crippen LogP contribution in [0.15, 0.2) is 11.4 Å². The lowest BCUT2D eigenvalue weighted by atomic mass is 10.3. The molecule has 0 aromatic carbocycles. The van der Waals surface area contributed by atoms with Crippen molar-refractivity contribution in [3.63, 3.8) is 0 Å². The molecule has 0 spiro atoms. The normalized spacial score (nSPS) is 11.4. The number of rotatable bonds is 4. The van der Waals surface area contributed by atoms with Gasteiger partial charge in [-0.05, 0) is 12.6 Å². The van der Waals surface area contributed by atoms with Crippen molar-refractivity contribution < 1.29 is 18.3 Å². The number of hydrogen-bond donors (Lipinski definition) is 1. The maximum atomic E-state index is 12.3. The Morgan fingerprint density at radius 1 is 1.44 bits per heavy atom. The molecule has 6 heteroatoms. The van der Waals surface area contributed by atoms with Gasteiger partial charge in [-0.3, -0.25) is 4.90 Å². The summed E-state index contributed by atoms with van der Waals surface area (Å²) in [5.74, 6) is 5.23. The van der Waals surface area contributed by atoms with Gasteiger partial charge in [-0.1, -0.05) is 18.8 Å². The molecule has 2 nitrogen and oxygen atoms in total. The minimum atomic E-state index is -4.17. The van der Waals surface area contributed by atoms with Crippen molar-refractivity contribution >= 4 is 11.3 Å². The fourth-order valence-corrected chi connectivity index (χ4v) is 2.28. The van der Waals surface area contributed by atoms with Crippen molar-refractivity contribution in [3.8, 4) is 11.8 Å². The maximum absolute atomic E-state index is 12.3. The summed E-state index contributed by atoms with van der Waals surface area (Å²) in [5, 5.41) is 10.3. The van der Waals surface area contributed by atoms with Gasteiger partial charge < -0.3 is 5.11 Å². The minimum Gasteiger partial charge on any atom is -0.384 e. The van der Waals surface area contributed by atoms with Crippen LogP contribution in [-0.2, 0) is 6.54 Å². The fraction of sp³-hybridized carbons (Fsp3) is 0.500. The molecule has 18 heavy (non-hydrogen) atoms. The van der Waals surface area contributed by atoms with Crippen LogP contribution in [0.5, 0.6) is 0 Å². The highest BCUT2D eigenvalue weighted by Crippen LogP contribution is 2.20. The highest BCUT2D eigenvalue weighted by Gasteiger charge is 2.30. The molecule has 0 atom stereocenters. The van der Waals surface area contributed by atoms with Gasteiger partial charge >= 0.3 is 6.18 Å². The Kier molecular flexibility index (Phi) is 5.66. The Labute approximate surface area is 108 Å². The first-order valence-corrected chi connectivity index (χ1v) is 6.29. The van der Waals surface area contributed by atoms with Gasteiger partial charge in [0.2, 0.25) is 0 Å². The Morgan fingerprint density at radius 3 is 2.72 bits per heavy atom.